The monoisotopic (exact) mass is 267 g/mol. The number of nitrogens with one attached hydrogen (secondary N) is 1. The van der Waals surface area contributed by atoms with Crippen molar-refractivity contribution in [3.05, 3.63) is 46.7 Å². The summed E-state index contributed by atoms with van der Waals surface area (Å²) >= 11 is 7.12. The van der Waals surface area contributed by atoms with E-state index in [1.807, 2.05) is 30.5 Å². The highest BCUT2D eigenvalue weighted by molar-refractivity contribution is 6.99. The first-order valence-corrected chi connectivity index (χ1v) is 6.65. The lowest BCUT2D eigenvalue weighted by atomic mass is 10.0. The van der Waals surface area contributed by atoms with Gasteiger partial charge in [-0.3, -0.25) is 0 Å². The average Bonchev–Trinajstić information content (AvgIpc) is 2.85. The van der Waals surface area contributed by atoms with Crippen LogP contribution in [0.4, 0.5) is 0 Å². The predicted octanol–water partition coefficient (Wildman–Crippen LogP) is 3.08. The molecule has 17 heavy (non-hydrogen) atoms. The van der Waals surface area contributed by atoms with Crippen LogP contribution in [-0.2, 0) is 6.42 Å². The topological polar surface area (TPSA) is 37.8 Å². The fraction of sp³-hybridized carbons (Fsp3) is 0.333. The molecule has 5 heteroatoms. The fourth-order valence-corrected chi connectivity index (χ4v) is 2.31. The minimum atomic E-state index is 0.222. The number of likely N-dealkylation sites (N-methyl/N-ethyl adjacent to an activating group) is 1. The van der Waals surface area contributed by atoms with Crippen LogP contribution in [0.2, 0.25) is 5.02 Å². The third kappa shape index (κ3) is 3.49. The van der Waals surface area contributed by atoms with Gasteiger partial charge in [0.1, 0.15) is 0 Å². The van der Waals surface area contributed by atoms with Crippen molar-refractivity contribution in [2.75, 3.05) is 6.54 Å². The van der Waals surface area contributed by atoms with Crippen molar-refractivity contribution in [1.82, 2.24) is 14.1 Å². The summed E-state index contributed by atoms with van der Waals surface area (Å²) in [6.07, 6.45) is 2.73. The molecule has 90 valence electrons. The number of hydrogen-bond acceptors (Lipinski definition) is 4. The van der Waals surface area contributed by atoms with Crippen LogP contribution in [0.15, 0.2) is 30.5 Å². The number of halogens is 1. The molecular weight excluding hydrogens is 254 g/mol. The largest absolute Gasteiger partial charge is 0.309 e. The molecule has 0 saturated heterocycles. The Morgan fingerprint density at radius 3 is 2.71 bits per heavy atom. The summed E-state index contributed by atoms with van der Waals surface area (Å²) in [7, 11) is 0. The van der Waals surface area contributed by atoms with Crippen LogP contribution in [0.25, 0.3) is 0 Å². The highest BCUT2D eigenvalue weighted by Crippen LogP contribution is 2.18. The van der Waals surface area contributed by atoms with Gasteiger partial charge in [0.15, 0.2) is 0 Å². The van der Waals surface area contributed by atoms with E-state index in [1.54, 1.807) is 0 Å². The summed E-state index contributed by atoms with van der Waals surface area (Å²) in [5, 5.41) is 4.19. The highest BCUT2D eigenvalue weighted by Gasteiger charge is 2.13. The van der Waals surface area contributed by atoms with E-state index in [2.05, 4.69) is 21.0 Å². The van der Waals surface area contributed by atoms with Crippen LogP contribution in [0.3, 0.4) is 0 Å². The summed E-state index contributed by atoms with van der Waals surface area (Å²) in [6.45, 7) is 3.00. The Hall–Kier alpha value is -0.970. The van der Waals surface area contributed by atoms with Gasteiger partial charge in [-0.25, -0.2) is 0 Å². The molecule has 1 aromatic heterocycles. The Bertz CT molecular complexity index is 441. The van der Waals surface area contributed by atoms with Crippen LogP contribution in [-0.4, -0.2) is 15.3 Å². The molecule has 1 heterocycles. The standard InChI is InChI=1S/C12H14ClN3S/c1-2-14-11(12-8-15-17-16-12)7-9-3-5-10(13)6-4-9/h3-6,8,11,14H,2,7H2,1H3. The van der Waals surface area contributed by atoms with Crippen molar-refractivity contribution >= 4 is 23.3 Å². The third-order valence-electron chi connectivity index (χ3n) is 2.54. The predicted molar refractivity (Wildman–Crippen MR) is 71.5 cm³/mol. The van der Waals surface area contributed by atoms with Crippen molar-refractivity contribution in [1.29, 1.82) is 0 Å². The second kappa shape index (κ2) is 6.10. The molecule has 0 fully saturated rings. The maximum Gasteiger partial charge on any atom is 0.0915 e. The van der Waals surface area contributed by atoms with Gasteiger partial charge in [0.25, 0.3) is 0 Å². The minimum absolute atomic E-state index is 0.222. The molecular formula is C12H14ClN3S. The molecule has 0 aliphatic heterocycles. The van der Waals surface area contributed by atoms with Crippen molar-refractivity contribution in [3.8, 4) is 0 Å². The first kappa shape index (κ1) is 12.5. The Balaban J connectivity index is 2.10. The van der Waals surface area contributed by atoms with E-state index in [-0.39, 0.29) is 6.04 Å². The van der Waals surface area contributed by atoms with Crippen molar-refractivity contribution in [2.45, 2.75) is 19.4 Å². The van der Waals surface area contributed by atoms with Gasteiger partial charge in [-0.15, -0.1) is 0 Å². The summed E-state index contributed by atoms with van der Waals surface area (Å²) in [6, 6.07) is 8.15. The number of benzene rings is 1. The quantitative estimate of drug-likeness (QED) is 0.905. The third-order valence-corrected chi connectivity index (χ3v) is 3.28. The van der Waals surface area contributed by atoms with Crippen molar-refractivity contribution in [3.63, 3.8) is 0 Å². The Morgan fingerprint density at radius 1 is 1.35 bits per heavy atom. The lowest BCUT2D eigenvalue weighted by molar-refractivity contribution is 0.540. The zero-order valence-electron chi connectivity index (χ0n) is 9.56. The molecule has 0 radical (unpaired) electrons. The lowest BCUT2D eigenvalue weighted by Crippen LogP contribution is -2.23. The Kier molecular flexibility index (Phi) is 4.48. The molecule has 2 aromatic rings. The Morgan fingerprint density at radius 2 is 2.12 bits per heavy atom. The van der Waals surface area contributed by atoms with Gasteiger partial charge in [-0.05, 0) is 30.7 Å². The van der Waals surface area contributed by atoms with Gasteiger partial charge >= 0.3 is 0 Å². The van der Waals surface area contributed by atoms with E-state index in [9.17, 15) is 0 Å². The van der Waals surface area contributed by atoms with Crippen LogP contribution < -0.4 is 5.32 Å². The molecule has 1 N–H and O–H groups in total. The highest BCUT2D eigenvalue weighted by atomic mass is 35.5. The van der Waals surface area contributed by atoms with E-state index >= 15 is 0 Å². The van der Waals surface area contributed by atoms with Gasteiger partial charge < -0.3 is 5.32 Å². The molecule has 0 bridgehead atoms. The number of hydrogen-bond donors (Lipinski definition) is 1. The average molecular weight is 268 g/mol. The van der Waals surface area contributed by atoms with Gasteiger partial charge in [-0.1, -0.05) is 30.7 Å². The molecule has 0 aliphatic carbocycles. The second-order valence-corrected chi connectivity index (χ2v) is 4.77. The summed E-state index contributed by atoms with van der Waals surface area (Å²) in [5.74, 6) is 0. The van der Waals surface area contributed by atoms with Crippen LogP contribution in [0, 0.1) is 0 Å². The van der Waals surface area contributed by atoms with E-state index in [4.69, 9.17) is 11.6 Å². The van der Waals surface area contributed by atoms with Gasteiger partial charge in [0.2, 0.25) is 0 Å². The van der Waals surface area contributed by atoms with Crippen LogP contribution in [0.1, 0.15) is 24.2 Å². The number of aromatic nitrogens is 2. The zero-order valence-corrected chi connectivity index (χ0v) is 11.1. The smallest absolute Gasteiger partial charge is 0.0915 e. The summed E-state index contributed by atoms with van der Waals surface area (Å²) < 4.78 is 8.34. The molecule has 1 aromatic carbocycles. The lowest BCUT2D eigenvalue weighted by Gasteiger charge is -2.15. The molecule has 3 nitrogen and oxygen atoms in total. The normalized spacial score (nSPS) is 12.6. The fourth-order valence-electron chi connectivity index (χ4n) is 1.71. The van der Waals surface area contributed by atoms with E-state index in [0.717, 1.165) is 23.7 Å². The van der Waals surface area contributed by atoms with Gasteiger partial charge in [0, 0.05) is 5.02 Å². The summed E-state index contributed by atoms with van der Waals surface area (Å²) in [5.41, 5.74) is 2.25. The molecule has 0 spiro atoms. The molecule has 0 amide bonds. The first-order valence-electron chi connectivity index (χ1n) is 5.55. The number of rotatable bonds is 5. The number of nitrogens with zero attached hydrogens (tertiary/aromatic N) is 2. The SMILES string of the molecule is CCNC(Cc1ccc(Cl)cc1)c1cnsn1. The van der Waals surface area contributed by atoms with Crippen LogP contribution in [0.5, 0.6) is 0 Å². The first-order chi connectivity index (χ1) is 8.29. The van der Waals surface area contributed by atoms with E-state index in [1.165, 1.54) is 17.3 Å². The van der Waals surface area contributed by atoms with Crippen molar-refractivity contribution in [2.24, 2.45) is 0 Å². The Labute approximate surface area is 110 Å². The minimum Gasteiger partial charge on any atom is -0.309 e. The molecule has 2 rings (SSSR count). The zero-order chi connectivity index (χ0) is 12.1. The second-order valence-electron chi connectivity index (χ2n) is 3.77. The van der Waals surface area contributed by atoms with E-state index < -0.39 is 0 Å². The van der Waals surface area contributed by atoms with Crippen molar-refractivity contribution < 1.29 is 0 Å². The molecule has 0 saturated carbocycles. The molecule has 1 atom stereocenters. The summed E-state index contributed by atoms with van der Waals surface area (Å²) in [4.78, 5) is 0. The van der Waals surface area contributed by atoms with Crippen LogP contribution >= 0.6 is 23.3 Å². The molecule has 0 aliphatic rings. The molecule has 1 unspecified atom stereocenters. The van der Waals surface area contributed by atoms with Gasteiger partial charge in [0.05, 0.1) is 29.7 Å². The maximum atomic E-state index is 5.87. The maximum absolute atomic E-state index is 5.87. The van der Waals surface area contributed by atoms with E-state index in [0.29, 0.717) is 0 Å². The van der Waals surface area contributed by atoms with Gasteiger partial charge in [-0.2, -0.15) is 8.75 Å².